The molecule has 0 spiro atoms. The van der Waals surface area contributed by atoms with Crippen molar-refractivity contribution >= 4 is 17.8 Å². The zero-order chi connectivity index (χ0) is 19.2. The summed E-state index contributed by atoms with van der Waals surface area (Å²) in [6, 6.07) is 13.4. The van der Waals surface area contributed by atoms with Crippen LogP contribution in [0.5, 0.6) is 5.75 Å². The number of ether oxygens (including phenoxy) is 1. The number of halogens is 1. The number of nitrogens with zero attached hydrogens (tertiary/aromatic N) is 1. The molecule has 4 nitrogen and oxygen atoms in total. The van der Waals surface area contributed by atoms with E-state index in [4.69, 9.17) is 4.74 Å². The van der Waals surface area contributed by atoms with Gasteiger partial charge in [-0.3, -0.25) is 9.59 Å². The van der Waals surface area contributed by atoms with Crippen LogP contribution in [-0.2, 0) is 4.79 Å². The second-order valence-electron chi connectivity index (χ2n) is 6.55. The number of methoxy groups -OCH3 is 1. The van der Waals surface area contributed by atoms with Gasteiger partial charge in [0.05, 0.1) is 7.11 Å². The highest BCUT2D eigenvalue weighted by Gasteiger charge is 2.27. The Hall–Kier alpha value is -2.95. The molecule has 1 aliphatic heterocycles. The molecule has 2 aromatic rings. The highest BCUT2D eigenvalue weighted by atomic mass is 19.1. The first-order chi connectivity index (χ1) is 13.1. The van der Waals surface area contributed by atoms with Crippen molar-refractivity contribution in [3.8, 4) is 5.75 Å². The molecular formula is C22H22FNO3. The van der Waals surface area contributed by atoms with Gasteiger partial charge in [-0.2, -0.15) is 0 Å². The Kier molecular flexibility index (Phi) is 6.01. The quantitative estimate of drug-likeness (QED) is 0.593. The van der Waals surface area contributed by atoms with E-state index in [2.05, 4.69) is 0 Å². The summed E-state index contributed by atoms with van der Waals surface area (Å²) in [5.74, 6) is 0.220. The van der Waals surface area contributed by atoms with Crippen molar-refractivity contribution in [3.05, 3.63) is 71.6 Å². The predicted molar refractivity (Wildman–Crippen MR) is 102 cm³/mol. The molecule has 3 rings (SSSR count). The maximum Gasteiger partial charge on any atom is 0.246 e. The van der Waals surface area contributed by atoms with Gasteiger partial charge in [0.15, 0.2) is 5.78 Å². The Morgan fingerprint density at radius 2 is 1.74 bits per heavy atom. The second kappa shape index (κ2) is 8.62. The molecule has 0 aromatic heterocycles. The summed E-state index contributed by atoms with van der Waals surface area (Å²) in [5, 5.41) is 0. The first-order valence-electron chi connectivity index (χ1n) is 8.98. The summed E-state index contributed by atoms with van der Waals surface area (Å²) in [4.78, 5) is 26.6. The van der Waals surface area contributed by atoms with Crippen molar-refractivity contribution in [1.29, 1.82) is 0 Å². The van der Waals surface area contributed by atoms with Crippen molar-refractivity contribution in [3.63, 3.8) is 0 Å². The van der Waals surface area contributed by atoms with Gasteiger partial charge in [0.2, 0.25) is 5.91 Å². The minimum Gasteiger partial charge on any atom is -0.497 e. The fourth-order valence-electron chi connectivity index (χ4n) is 3.23. The van der Waals surface area contributed by atoms with E-state index in [9.17, 15) is 14.0 Å². The molecule has 0 atom stereocenters. The average molecular weight is 367 g/mol. The Morgan fingerprint density at radius 1 is 1.07 bits per heavy atom. The van der Waals surface area contributed by atoms with Crippen LogP contribution < -0.4 is 4.74 Å². The molecule has 1 saturated heterocycles. The van der Waals surface area contributed by atoms with E-state index < -0.39 is 0 Å². The topological polar surface area (TPSA) is 46.6 Å². The molecule has 27 heavy (non-hydrogen) atoms. The lowest BCUT2D eigenvalue weighted by Crippen LogP contribution is -2.39. The number of ketones is 1. The largest absolute Gasteiger partial charge is 0.497 e. The maximum absolute atomic E-state index is 13.6. The number of hydrogen-bond acceptors (Lipinski definition) is 3. The number of carbonyl (C=O) groups excluding carboxylic acids is 2. The smallest absolute Gasteiger partial charge is 0.246 e. The van der Waals surface area contributed by atoms with Crippen molar-refractivity contribution < 1.29 is 18.7 Å². The van der Waals surface area contributed by atoms with Crippen LogP contribution in [0.25, 0.3) is 6.08 Å². The lowest BCUT2D eigenvalue weighted by atomic mass is 9.89. The fourth-order valence-corrected chi connectivity index (χ4v) is 3.23. The van der Waals surface area contributed by atoms with Crippen LogP contribution in [0.2, 0.25) is 0 Å². The van der Waals surface area contributed by atoms with E-state index in [-0.39, 0.29) is 23.4 Å². The molecule has 0 radical (unpaired) electrons. The zero-order valence-electron chi connectivity index (χ0n) is 15.2. The van der Waals surface area contributed by atoms with E-state index in [0.29, 0.717) is 42.8 Å². The number of likely N-dealkylation sites (tertiary alicyclic amines) is 1. The van der Waals surface area contributed by atoms with E-state index in [1.54, 1.807) is 54.5 Å². The summed E-state index contributed by atoms with van der Waals surface area (Å²) in [5.41, 5.74) is 1.05. The normalized spacial score (nSPS) is 15.1. The summed E-state index contributed by atoms with van der Waals surface area (Å²) >= 11 is 0. The Bertz CT molecular complexity index is 837. The molecule has 0 unspecified atom stereocenters. The maximum atomic E-state index is 13.6. The van der Waals surface area contributed by atoms with Gasteiger partial charge in [-0.25, -0.2) is 4.39 Å². The van der Waals surface area contributed by atoms with Crippen LogP contribution in [-0.4, -0.2) is 36.8 Å². The molecule has 1 fully saturated rings. The highest BCUT2D eigenvalue weighted by molar-refractivity contribution is 5.98. The van der Waals surface area contributed by atoms with Crippen LogP contribution in [0.15, 0.2) is 54.6 Å². The molecule has 1 heterocycles. The van der Waals surface area contributed by atoms with Crippen LogP contribution >= 0.6 is 0 Å². The monoisotopic (exact) mass is 367 g/mol. The molecule has 2 aromatic carbocycles. The van der Waals surface area contributed by atoms with E-state index in [1.165, 1.54) is 18.2 Å². The summed E-state index contributed by atoms with van der Waals surface area (Å²) in [7, 11) is 1.59. The number of rotatable bonds is 5. The van der Waals surface area contributed by atoms with Crippen LogP contribution in [0.4, 0.5) is 4.39 Å². The van der Waals surface area contributed by atoms with Crippen molar-refractivity contribution in [2.45, 2.75) is 12.8 Å². The van der Waals surface area contributed by atoms with Gasteiger partial charge in [-0.15, -0.1) is 0 Å². The van der Waals surface area contributed by atoms with Crippen LogP contribution in [0, 0.1) is 11.7 Å². The van der Waals surface area contributed by atoms with E-state index >= 15 is 0 Å². The predicted octanol–water partition coefficient (Wildman–Crippen LogP) is 3.97. The van der Waals surface area contributed by atoms with Gasteiger partial charge in [0.25, 0.3) is 0 Å². The molecule has 0 aliphatic carbocycles. The minimum atomic E-state index is -0.356. The van der Waals surface area contributed by atoms with Gasteiger partial charge in [-0.1, -0.05) is 18.2 Å². The number of Topliss-reactive ketones (excluding diaryl/α,β-unsaturated/α-hetero) is 1. The lowest BCUT2D eigenvalue weighted by molar-refractivity contribution is -0.127. The number of carbonyl (C=O) groups is 2. The third-order valence-corrected chi connectivity index (χ3v) is 4.86. The standard InChI is InChI=1S/C22H22FNO3/c1-27-19-9-6-17(7-10-19)22(26)18-12-14-24(15-13-18)21(25)11-8-16-4-2-3-5-20(16)23/h2-11,18H,12-15H2,1H3. The Balaban J connectivity index is 1.55. The fraction of sp³-hybridized carbons (Fsp3) is 0.273. The molecular weight excluding hydrogens is 345 g/mol. The molecule has 0 bridgehead atoms. The third-order valence-electron chi connectivity index (χ3n) is 4.86. The van der Waals surface area contributed by atoms with Gasteiger partial charge >= 0.3 is 0 Å². The van der Waals surface area contributed by atoms with Crippen molar-refractivity contribution in [2.24, 2.45) is 5.92 Å². The van der Waals surface area contributed by atoms with Crippen LogP contribution in [0.1, 0.15) is 28.8 Å². The average Bonchev–Trinajstić information content (AvgIpc) is 2.72. The number of amides is 1. The van der Waals surface area contributed by atoms with Crippen molar-refractivity contribution in [2.75, 3.05) is 20.2 Å². The minimum absolute atomic E-state index is 0.0852. The van der Waals surface area contributed by atoms with Gasteiger partial charge < -0.3 is 9.64 Å². The van der Waals surface area contributed by atoms with Gasteiger partial charge in [0, 0.05) is 36.2 Å². The molecule has 0 N–H and O–H groups in total. The third kappa shape index (κ3) is 4.61. The first kappa shape index (κ1) is 18.8. The lowest BCUT2D eigenvalue weighted by Gasteiger charge is -2.30. The number of benzene rings is 2. The number of hydrogen-bond donors (Lipinski definition) is 0. The molecule has 5 heteroatoms. The van der Waals surface area contributed by atoms with Crippen molar-refractivity contribution in [1.82, 2.24) is 4.90 Å². The summed E-state index contributed by atoms with van der Waals surface area (Å²) in [6.45, 7) is 1.04. The molecule has 1 aliphatic rings. The Labute approximate surface area is 158 Å². The first-order valence-corrected chi connectivity index (χ1v) is 8.98. The molecule has 0 saturated carbocycles. The van der Waals surface area contributed by atoms with E-state index in [1.807, 2.05) is 0 Å². The Morgan fingerprint density at radius 3 is 2.37 bits per heavy atom. The van der Waals surface area contributed by atoms with Crippen LogP contribution in [0.3, 0.4) is 0 Å². The zero-order valence-corrected chi connectivity index (χ0v) is 15.2. The molecule has 1 amide bonds. The summed E-state index contributed by atoms with van der Waals surface area (Å²) < 4.78 is 18.7. The van der Waals surface area contributed by atoms with E-state index in [0.717, 1.165) is 0 Å². The molecule has 140 valence electrons. The second-order valence-corrected chi connectivity index (χ2v) is 6.55. The summed E-state index contributed by atoms with van der Waals surface area (Å²) in [6.07, 6.45) is 4.14. The van der Waals surface area contributed by atoms with Gasteiger partial charge in [-0.05, 0) is 49.2 Å². The highest BCUT2D eigenvalue weighted by Crippen LogP contribution is 2.23. The number of piperidine rings is 1. The van der Waals surface area contributed by atoms with Gasteiger partial charge in [0.1, 0.15) is 11.6 Å². The SMILES string of the molecule is COc1ccc(C(=O)C2CCN(C(=O)C=Cc3ccccc3F)CC2)cc1.